The Bertz CT molecular complexity index is 933. The predicted molar refractivity (Wildman–Crippen MR) is 95.1 cm³/mol. The van der Waals surface area contributed by atoms with Crippen molar-refractivity contribution in [3.8, 4) is 0 Å². The molecule has 0 aromatic carbocycles. The monoisotopic (exact) mass is 382 g/mol. The lowest BCUT2D eigenvalue weighted by Gasteiger charge is -2.07. The van der Waals surface area contributed by atoms with Crippen molar-refractivity contribution in [2.24, 2.45) is 0 Å². The summed E-state index contributed by atoms with van der Waals surface area (Å²) in [6.07, 6.45) is 0. The molecule has 3 aromatic rings. The fourth-order valence-electron chi connectivity index (χ4n) is 2.17. The van der Waals surface area contributed by atoms with Crippen molar-refractivity contribution in [2.75, 3.05) is 6.61 Å². The van der Waals surface area contributed by atoms with Crippen molar-refractivity contribution in [3.63, 3.8) is 0 Å². The van der Waals surface area contributed by atoms with Gasteiger partial charge in [0.2, 0.25) is 0 Å². The molecule has 1 atom stereocenters. The zero-order valence-electron chi connectivity index (χ0n) is 13.2. The Kier molecular flexibility index (Phi) is 4.97. The van der Waals surface area contributed by atoms with Gasteiger partial charge in [0.15, 0.2) is 4.34 Å². The van der Waals surface area contributed by atoms with Crippen LogP contribution in [0.4, 0.5) is 0 Å². The van der Waals surface area contributed by atoms with E-state index in [2.05, 4.69) is 20.2 Å². The number of esters is 1. The standard InChI is InChI=1S/C14H14N4O3S3/c1-4-21-13(20)9-6(2)8-11(19)16-10(17-12(8)24-9)7(3)23-14-18-15-5-22-14/h5,7H,4H2,1-3H3,(H,16,17,19)/t7-/m1/s1. The zero-order chi connectivity index (χ0) is 17.3. The minimum Gasteiger partial charge on any atom is -0.462 e. The first-order valence-electron chi connectivity index (χ1n) is 7.14. The third-order valence-electron chi connectivity index (χ3n) is 3.28. The molecule has 24 heavy (non-hydrogen) atoms. The molecule has 1 N–H and O–H groups in total. The Morgan fingerprint density at radius 3 is 2.96 bits per heavy atom. The van der Waals surface area contributed by atoms with Gasteiger partial charge in [-0.25, -0.2) is 9.78 Å². The lowest BCUT2D eigenvalue weighted by atomic mass is 10.2. The van der Waals surface area contributed by atoms with Gasteiger partial charge >= 0.3 is 5.97 Å². The van der Waals surface area contributed by atoms with Crippen LogP contribution in [0.2, 0.25) is 0 Å². The molecule has 0 aliphatic heterocycles. The summed E-state index contributed by atoms with van der Waals surface area (Å²) in [5.74, 6) is 0.125. The van der Waals surface area contributed by atoms with Crippen LogP contribution in [-0.4, -0.2) is 32.7 Å². The number of aromatic amines is 1. The summed E-state index contributed by atoms with van der Waals surface area (Å²) in [6, 6.07) is 0. The number of thioether (sulfide) groups is 1. The summed E-state index contributed by atoms with van der Waals surface area (Å²) < 4.78 is 5.84. The number of aromatic nitrogens is 4. The number of thiophene rings is 1. The van der Waals surface area contributed by atoms with Crippen molar-refractivity contribution in [3.05, 3.63) is 32.1 Å². The Labute approximate surface area is 149 Å². The maximum atomic E-state index is 12.4. The van der Waals surface area contributed by atoms with Crippen LogP contribution in [0.15, 0.2) is 14.6 Å². The summed E-state index contributed by atoms with van der Waals surface area (Å²) in [5.41, 5.74) is 2.02. The van der Waals surface area contributed by atoms with Gasteiger partial charge in [0.25, 0.3) is 5.56 Å². The van der Waals surface area contributed by atoms with Gasteiger partial charge in [-0.15, -0.1) is 21.5 Å². The molecule has 0 saturated heterocycles. The number of carbonyl (C=O) groups is 1. The van der Waals surface area contributed by atoms with E-state index in [1.54, 1.807) is 19.4 Å². The number of rotatable bonds is 5. The van der Waals surface area contributed by atoms with E-state index in [4.69, 9.17) is 4.74 Å². The molecule has 3 aromatic heterocycles. The molecule has 0 spiro atoms. The normalized spacial score (nSPS) is 12.5. The highest BCUT2D eigenvalue weighted by Gasteiger charge is 2.21. The number of nitrogens with zero attached hydrogens (tertiary/aromatic N) is 3. The molecular formula is C14H14N4O3S3. The number of fused-ring (bicyclic) bond motifs is 1. The average Bonchev–Trinajstić information content (AvgIpc) is 3.15. The van der Waals surface area contributed by atoms with Crippen LogP contribution in [0.5, 0.6) is 0 Å². The lowest BCUT2D eigenvalue weighted by molar-refractivity contribution is 0.0531. The highest BCUT2D eigenvalue weighted by molar-refractivity contribution is 8.01. The number of ether oxygens (including phenoxy) is 1. The second kappa shape index (κ2) is 6.99. The van der Waals surface area contributed by atoms with E-state index in [9.17, 15) is 9.59 Å². The molecule has 3 heterocycles. The van der Waals surface area contributed by atoms with Crippen molar-refractivity contribution in [1.29, 1.82) is 0 Å². The van der Waals surface area contributed by atoms with Gasteiger partial charge in [-0.3, -0.25) is 4.79 Å². The first kappa shape index (κ1) is 17.1. The Hall–Kier alpha value is -1.78. The molecule has 0 radical (unpaired) electrons. The van der Waals surface area contributed by atoms with Gasteiger partial charge < -0.3 is 9.72 Å². The largest absolute Gasteiger partial charge is 0.462 e. The molecule has 0 bridgehead atoms. The molecule has 7 nitrogen and oxygen atoms in total. The lowest BCUT2D eigenvalue weighted by Crippen LogP contribution is -2.12. The van der Waals surface area contributed by atoms with Gasteiger partial charge in [-0.05, 0) is 26.3 Å². The SMILES string of the molecule is CCOC(=O)c1sc2nc([C@@H](C)Sc3nncs3)[nH]c(=O)c2c1C. The zero-order valence-corrected chi connectivity index (χ0v) is 15.6. The fraction of sp³-hybridized carbons (Fsp3) is 0.357. The third kappa shape index (κ3) is 3.21. The van der Waals surface area contributed by atoms with E-state index >= 15 is 0 Å². The van der Waals surface area contributed by atoms with Crippen LogP contribution < -0.4 is 5.56 Å². The van der Waals surface area contributed by atoms with Crippen molar-refractivity contribution in [2.45, 2.75) is 30.4 Å². The molecule has 0 aliphatic carbocycles. The molecule has 0 aliphatic rings. The van der Waals surface area contributed by atoms with Crippen molar-refractivity contribution in [1.82, 2.24) is 20.2 Å². The van der Waals surface area contributed by atoms with Crippen LogP contribution in [-0.2, 0) is 4.74 Å². The number of aryl methyl sites for hydroxylation is 1. The van der Waals surface area contributed by atoms with Gasteiger partial charge in [-0.1, -0.05) is 23.1 Å². The minimum absolute atomic E-state index is 0.0940. The van der Waals surface area contributed by atoms with E-state index in [-0.39, 0.29) is 17.4 Å². The summed E-state index contributed by atoms with van der Waals surface area (Å²) in [7, 11) is 0. The number of H-pyrrole nitrogens is 1. The van der Waals surface area contributed by atoms with Gasteiger partial charge in [-0.2, -0.15) is 0 Å². The second-order valence-corrected chi connectivity index (χ2v) is 8.29. The molecule has 0 saturated carbocycles. The second-order valence-electron chi connectivity index (χ2n) is 4.87. The number of carbonyl (C=O) groups excluding carboxylic acids is 1. The van der Waals surface area contributed by atoms with E-state index in [0.717, 1.165) is 4.34 Å². The van der Waals surface area contributed by atoms with E-state index in [1.165, 1.54) is 34.4 Å². The van der Waals surface area contributed by atoms with E-state index < -0.39 is 5.97 Å². The Balaban J connectivity index is 2.00. The summed E-state index contributed by atoms with van der Waals surface area (Å²) in [5, 5.41) is 8.13. The summed E-state index contributed by atoms with van der Waals surface area (Å²) >= 11 is 4.09. The van der Waals surface area contributed by atoms with Crippen molar-refractivity contribution >= 4 is 50.6 Å². The highest BCUT2D eigenvalue weighted by Crippen LogP contribution is 2.35. The molecule has 3 rings (SSSR count). The van der Waals surface area contributed by atoms with Gasteiger partial charge in [0.05, 0.1) is 17.2 Å². The maximum Gasteiger partial charge on any atom is 0.348 e. The Morgan fingerprint density at radius 1 is 1.50 bits per heavy atom. The molecule has 0 fully saturated rings. The van der Waals surface area contributed by atoms with Crippen molar-refractivity contribution < 1.29 is 9.53 Å². The van der Waals surface area contributed by atoms with Gasteiger partial charge in [0, 0.05) is 0 Å². The first-order valence-corrected chi connectivity index (χ1v) is 9.72. The summed E-state index contributed by atoms with van der Waals surface area (Å²) in [6.45, 7) is 5.71. The van der Waals surface area contributed by atoms with Crippen LogP contribution >= 0.6 is 34.4 Å². The number of hydrogen-bond acceptors (Lipinski definition) is 9. The van der Waals surface area contributed by atoms with Crippen LogP contribution in [0, 0.1) is 6.92 Å². The third-order valence-corrected chi connectivity index (χ3v) is 6.37. The van der Waals surface area contributed by atoms with Crippen LogP contribution in [0.25, 0.3) is 10.2 Å². The highest BCUT2D eigenvalue weighted by atomic mass is 32.2. The average molecular weight is 382 g/mol. The quantitative estimate of drug-likeness (QED) is 0.534. The van der Waals surface area contributed by atoms with Crippen LogP contribution in [0.1, 0.15) is 40.2 Å². The van der Waals surface area contributed by atoms with Crippen LogP contribution in [0.3, 0.4) is 0 Å². The van der Waals surface area contributed by atoms with E-state index in [1.807, 2.05) is 6.92 Å². The van der Waals surface area contributed by atoms with E-state index in [0.29, 0.717) is 26.5 Å². The number of nitrogens with one attached hydrogen (secondary N) is 1. The molecule has 10 heteroatoms. The van der Waals surface area contributed by atoms with Gasteiger partial charge in [0.1, 0.15) is 21.0 Å². The number of hydrogen-bond donors (Lipinski definition) is 1. The maximum absolute atomic E-state index is 12.4. The molecule has 0 unspecified atom stereocenters. The summed E-state index contributed by atoms with van der Waals surface area (Å²) in [4.78, 5) is 32.8. The predicted octanol–water partition coefficient (Wildman–Crippen LogP) is 3.17. The Morgan fingerprint density at radius 2 is 2.29 bits per heavy atom. The molecular weight excluding hydrogens is 368 g/mol. The minimum atomic E-state index is -0.421. The molecule has 0 amide bonds. The first-order chi connectivity index (χ1) is 11.5. The topological polar surface area (TPSA) is 97.8 Å². The fourth-order valence-corrected chi connectivity index (χ4v) is 4.93. The smallest absolute Gasteiger partial charge is 0.348 e. The molecule has 126 valence electrons.